The highest BCUT2D eigenvalue weighted by atomic mass is 35.5. The summed E-state index contributed by atoms with van der Waals surface area (Å²) >= 11 is 5.97. The number of carbonyl (C=O) groups excluding carboxylic acids is 1. The number of fused-ring (bicyclic) bond motifs is 5. The SMILES string of the molecule is O=C(NC1CCCC(CCl)C1)C1C2C3CCC(C3)C12. The second-order valence-corrected chi connectivity index (χ2v) is 7.71. The number of halogens is 1. The lowest BCUT2D eigenvalue weighted by molar-refractivity contribution is -0.124. The molecule has 0 aromatic carbocycles. The van der Waals surface area contributed by atoms with Gasteiger partial charge < -0.3 is 5.32 Å². The summed E-state index contributed by atoms with van der Waals surface area (Å²) in [6.07, 6.45) is 8.95. The Morgan fingerprint density at radius 3 is 2.47 bits per heavy atom. The van der Waals surface area contributed by atoms with E-state index in [2.05, 4.69) is 5.32 Å². The van der Waals surface area contributed by atoms with Gasteiger partial charge in [0.2, 0.25) is 5.91 Å². The predicted molar refractivity (Wildman–Crippen MR) is 75.9 cm³/mol. The van der Waals surface area contributed by atoms with Gasteiger partial charge in [-0.25, -0.2) is 0 Å². The van der Waals surface area contributed by atoms with E-state index < -0.39 is 0 Å². The van der Waals surface area contributed by atoms with E-state index >= 15 is 0 Å². The Kier molecular flexibility index (Phi) is 3.06. The minimum Gasteiger partial charge on any atom is -0.353 e. The normalized spacial score (nSPS) is 50.9. The lowest BCUT2D eigenvalue weighted by atomic mass is 9.86. The molecule has 0 aliphatic heterocycles. The zero-order valence-corrected chi connectivity index (χ0v) is 12.2. The van der Waals surface area contributed by atoms with E-state index in [1.807, 2.05) is 0 Å². The maximum Gasteiger partial charge on any atom is 0.223 e. The standard InChI is InChI=1S/C16H24ClNO/c17-8-9-2-1-3-12(6-9)18-16(19)15-13-10-4-5-11(7-10)14(13)15/h9-15H,1-8H2,(H,18,19). The van der Waals surface area contributed by atoms with Crippen LogP contribution < -0.4 is 5.32 Å². The molecule has 106 valence electrons. The molecule has 0 heterocycles. The monoisotopic (exact) mass is 281 g/mol. The highest BCUT2D eigenvalue weighted by Gasteiger charge is 2.67. The van der Waals surface area contributed by atoms with Crippen LogP contribution in [-0.2, 0) is 4.79 Å². The Balaban J connectivity index is 1.33. The molecule has 4 aliphatic rings. The van der Waals surface area contributed by atoms with E-state index in [-0.39, 0.29) is 0 Å². The molecule has 4 saturated carbocycles. The van der Waals surface area contributed by atoms with Crippen LogP contribution >= 0.6 is 11.6 Å². The van der Waals surface area contributed by atoms with Gasteiger partial charge in [0.05, 0.1) is 0 Å². The van der Waals surface area contributed by atoms with Crippen molar-refractivity contribution in [3.8, 4) is 0 Å². The van der Waals surface area contributed by atoms with Gasteiger partial charge in [0.1, 0.15) is 0 Å². The van der Waals surface area contributed by atoms with Gasteiger partial charge in [0, 0.05) is 17.8 Å². The lowest BCUT2D eigenvalue weighted by Crippen LogP contribution is -2.40. The first-order chi connectivity index (χ1) is 9.28. The third kappa shape index (κ3) is 2.02. The van der Waals surface area contributed by atoms with Gasteiger partial charge in [-0.05, 0) is 68.1 Å². The van der Waals surface area contributed by atoms with Gasteiger partial charge in [-0.2, -0.15) is 0 Å². The molecule has 0 spiro atoms. The van der Waals surface area contributed by atoms with Crippen LogP contribution in [0.2, 0.25) is 0 Å². The fourth-order valence-corrected chi connectivity index (χ4v) is 5.82. The van der Waals surface area contributed by atoms with E-state index in [9.17, 15) is 4.79 Å². The highest BCUT2D eigenvalue weighted by Crippen LogP contribution is 2.69. The maximum atomic E-state index is 12.5. The van der Waals surface area contributed by atoms with E-state index in [1.54, 1.807) is 0 Å². The van der Waals surface area contributed by atoms with Gasteiger partial charge in [-0.3, -0.25) is 4.79 Å². The number of alkyl halides is 1. The fourth-order valence-electron chi connectivity index (χ4n) is 5.54. The van der Waals surface area contributed by atoms with E-state index in [1.165, 1.54) is 32.1 Å². The molecule has 2 bridgehead atoms. The molecular weight excluding hydrogens is 258 g/mol. The van der Waals surface area contributed by atoms with E-state index in [0.717, 1.165) is 42.4 Å². The van der Waals surface area contributed by atoms with Crippen LogP contribution in [0.4, 0.5) is 0 Å². The molecule has 0 radical (unpaired) electrons. The number of carbonyl (C=O) groups is 1. The number of hydrogen-bond donors (Lipinski definition) is 1. The quantitative estimate of drug-likeness (QED) is 0.791. The van der Waals surface area contributed by atoms with Gasteiger partial charge >= 0.3 is 0 Å². The molecule has 1 N–H and O–H groups in total. The summed E-state index contributed by atoms with van der Waals surface area (Å²) in [4.78, 5) is 12.5. The molecule has 6 atom stereocenters. The number of rotatable bonds is 3. The average molecular weight is 282 g/mol. The fraction of sp³-hybridized carbons (Fsp3) is 0.938. The molecule has 19 heavy (non-hydrogen) atoms. The number of nitrogens with one attached hydrogen (secondary N) is 1. The second-order valence-electron chi connectivity index (χ2n) is 7.41. The zero-order valence-electron chi connectivity index (χ0n) is 11.5. The smallest absolute Gasteiger partial charge is 0.223 e. The lowest BCUT2D eigenvalue weighted by Gasteiger charge is -2.28. The van der Waals surface area contributed by atoms with Gasteiger partial charge in [0.15, 0.2) is 0 Å². The van der Waals surface area contributed by atoms with Crippen molar-refractivity contribution in [3.05, 3.63) is 0 Å². The molecule has 0 saturated heterocycles. The third-order valence-electron chi connectivity index (χ3n) is 6.39. The summed E-state index contributed by atoms with van der Waals surface area (Å²) in [7, 11) is 0. The van der Waals surface area contributed by atoms with Crippen LogP contribution in [0.3, 0.4) is 0 Å². The van der Waals surface area contributed by atoms with Gasteiger partial charge in [-0.1, -0.05) is 6.42 Å². The molecule has 6 unspecified atom stereocenters. The van der Waals surface area contributed by atoms with Crippen LogP contribution in [0.1, 0.15) is 44.9 Å². The van der Waals surface area contributed by atoms with Crippen molar-refractivity contribution in [1.29, 1.82) is 0 Å². The summed E-state index contributed by atoms with van der Waals surface area (Å²) in [5.41, 5.74) is 0. The molecule has 1 amide bonds. The molecule has 4 aliphatic carbocycles. The van der Waals surface area contributed by atoms with Gasteiger partial charge in [0.25, 0.3) is 0 Å². The van der Waals surface area contributed by atoms with Gasteiger partial charge in [-0.15, -0.1) is 11.6 Å². The van der Waals surface area contributed by atoms with E-state index in [4.69, 9.17) is 11.6 Å². The van der Waals surface area contributed by atoms with Crippen LogP contribution in [-0.4, -0.2) is 17.8 Å². The molecule has 0 aromatic heterocycles. The summed E-state index contributed by atoms with van der Waals surface area (Å²) in [6.45, 7) is 0. The molecule has 3 heteroatoms. The van der Waals surface area contributed by atoms with Crippen molar-refractivity contribution >= 4 is 17.5 Å². The second kappa shape index (κ2) is 4.65. The van der Waals surface area contributed by atoms with Crippen molar-refractivity contribution in [2.45, 2.75) is 51.0 Å². The zero-order chi connectivity index (χ0) is 13.0. The van der Waals surface area contributed by atoms with Crippen LogP contribution in [0.5, 0.6) is 0 Å². The van der Waals surface area contributed by atoms with Crippen molar-refractivity contribution in [3.63, 3.8) is 0 Å². The number of amides is 1. The largest absolute Gasteiger partial charge is 0.353 e. The van der Waals surface area contributed by atoms with Crippen LogP contribution in [0, 0.1) is 35.5 Å². The van der Waals surface area contributed by atoms with Crippen molar-refractivity contribution in [2.75, 3.05) is 5.88 Å². The third-order valence-corrected chi connectivity index (χ3v) is 6.82. The average Bonchev–Trinajstić information content (AvgIpc) is 2.88. The Morgan fingerprint density at radius 1 is 1.05 bits per heavy atom. The minimum absolute atomic E-state index is 0.381. The Hall–Kier alpha value is -0.240. The molecule has 4 fully saturated rings. The summed E-state index contributed by atoms with van der Waals surface area (Å²) in [5.74, 6) is 5.48. The van der Waals surface area contributed by atoms with Crippen molar-refractivity contribution in [2.24, 2.45) is 35.5 Å². The predicted octanol–water partition coefficient (Wildman–Crippen LogP) is 3.19. The molecule has 2 nitrogen and oxygen atoms in total. The minimum atomic E-state index is 0.381. The van der Waals surface area contributed by atoms with Crippen LogP contribution in [0.15, 0.2) is 0 Å². The first-order valence-corrected chi connectivity index (χ1v) is 8.67. The molecular formula is C16H24ClNO. The summed E-state index contributed by atoms with van der Waals surface area (Å²) in [6, 6.07) is 0.406. The first-order valence-electron chi connectivity index (χ1n) is 8.14. The Bertz CT molecular complexity index is 369. The summed E-state index contributed by atoms with van der Waals surface area (Å²) < 4.78 is 0. The summed E-state index contributed by atoms with van der Waals surface area (Å²) in [5, 5.41) is 3.35. The molecule has 4 rings (SSSR count). The molecule has 0 aromatic rings. The van der Waals surface area contributed by atoms with Crippen molar-refractivity contribution < 1.29 is 4.79 Å². The van der Waals surface area contributed by atoms with Crippen LogP contribution in [0.25, 0.3) is 0 Å². The van der Waals surface area contributed by atoms with Crippen molar-refractivity contribution in [1.82, 2.24) is 5.32 Å². The maximum absolute atomic E-state index is 12.5. The topological polar surface area (TPSA) is 29.1 Å². The highest BCUT2D eigenvalue weighted by molar-refractivity contribution is 6.18. The Labute approximate surface area is 120 Å². The van der Waals surface area contributed by atoms with E-state index in [0.29, 0.717) is 23.8 Å². The first kappa shape index (κ1) is 12.5. The number of hydrogen-bond acceptors (Lipinski definition) is 1. The Morgan fingerprint density at radius 2 is 1.79 bits per heavy atom.